The topological polar surface area (TPSA) is 50.9 Å². The molecule has 2 rings (SSSR count). The van der Waals surface area contributed by atoms with Gasteiger partial charge >= 0.3 is 0 Å². The summed E-state index contributed by atoms with van der Waals surface area (Å²) in [5.41, 5.74) is 8.90. The molecule has 0 radical (unpaired) electrons. The number of aryl methyl sites for hydroxylation is 1. The molecule has 2 aromatic rings. The highest BCUT2D eigenvalue weighted by Gasteiger charge is 1.99. The molecular formula is C13H15N3. The van der Waals surface area contributed by atoms with Crippen molar-refractivity contribution in [3.63, 3.8) is 0 Å². The van der Waals surface area contributed by atoms with Crippen molar-refractivity contribution in [3.8, 4) is 0 Å². The zero-order valence-electron chi connectivity index (χ0n) is 9.27. The van der Waals surface area contributed by atoms with Gasteiger partial charge in [0.25, 0.3) is 0 Å². The number of nitrogens with one attached hydrogen (secondary N) is 1. The minimum absolute atomic E-state index is 0.536. The Bertz CT molecular complexity index is 463. The molecule has 3 N–H and O–H groups in total. The van der Waals surface area contributed by atoms with Gasteiger partial charge in [0.05, 0.1) is 11.9 Å². The number of nitrogens with zero attached hydrogens (tertiary/aromatic N) is 1. The second-order valence-corrected chi connectivity index (χ2v) is 3.61. The van der Waals surface area contributed by atoms with Crippen LogP contribution < -0.4 is 11.1 Å². The van der Waals surface area contributed by atoms with Crippen molar-refractivity contribution in [2.24, 2.45) is 0 Å². The normalized spacial score (nSPS) is 10.1. The van der Waals surface area contributed by atoms with Crippen molar-refractivity contribution < 1.29 is 0 Å². The van der Waals surface area contributed by atoms with Crippen LogP contribution in [0.15, 0.2) is 42.6 Å². The summed E-state index contributed by atoms with van der Waals surface area (Å²) in [6, 6.07) is 12.0. The van der Waals surface area contributed by atoms with Crippen molar-refractivity contribution >= 4 is 17.2 Å². The zero-order chi connectivity index (χ0) is 11.4. The second-order valence-electron chi connectivity index (χ2n) is 3.61. The lowest BCUT2D eigenvalue weighted by Crippen LogP contribution is -1.96. The molecule has 0 amide bonds. The summed E-state index contributed by atoms with van der Waals surface area (Å²) in [7, 11) is 0. The van der Waals surface area contributed by atoms with Gasteiger partial charge in [0.1, 0.15) is 5.82 Å². The maximum absolute atomic E-state index is 5.54. The molecule has 3 heteroatoms. The monoisotopic (exact) mass is 213 g/mol. The number of hydrogen-bond donors (Lipinski definition) is 2. The van der Waals surface area contributed by atoms with E-state index in [1.165, 1.54) is 5.56 Å². The van der Waals surface area contributed by atoms with Crippen LogP contribution in [0.3, 0.4) is 0 Å². The lowest BCUT2D eigenvalue weighted by molar-refractivity contribution is 1.14. The van der Waals surface area contributed by atoms with Crippen LogP contribution in [-0.4, -0.2) is 4.98 Å². The predicted octanol–water partition coefficient (Wildman–Crippen LogP) is 2.97. The summed E-state index contributed by atoms with van der Waals surface area (Å²) in [4.78, 5) is 4.05. The number of anilines is 3. The van der Waals surface area contributed by atoms with Gasteiger partial charge in [-0.2, -0.15) is 0 Å². The molecule has 0 spiro atoms. The fourth-order valence-electron chi connectivity index (χ4n) is 1.59. The molecule has 0 bridgehead atoms. The Balaban J connectivity index is 2.23. The van der Waals surface area contributed by atoms with Crippen LogP contribution >= 0.6 is 0 Å². The van der Waals surface area contributed by atoms with E-state index in [2.05, 4.69) is 29.4 Å². The van der Waals surface area contributed by atoms with Gasteiger partial charge in [0.15, 0.2) is 0 Å². The van der Waals surface area contributed by atoms with E-state index in [0.717, 1.165) is 17.8 Å². The molecule has 82 valence electrons. The first-order valence-electron chi connectivity index (χ1n) is 5.36. The summed E-state index contributed by atoms with van der Waals surface area (Å²) in [5.74, 6) is 0.536. The molecule has 0 atom stereocenters. The smallest absolute Gasteiger partial charge is 0.123 e. The number of benzene rings is 1. The largest absolute Gasteiger partial charge is 0.384 e. The molecule has 0 aliphatic heterocycles. The highest BCUT2D eigenvalue weighted by atomic mass is 14.9. The van der Waals surface area contributed by atoms with Crippen LogP contribution in [0.2, 0.25) is 0 Å². The lowest BCUT2D eigenvalue weighted by atomic mass is 10.1. The Hall–Kier alpha value is -2.03. The predicted molar refractivity (Wildman–Crippen MR) is 67.8 cm³/mol. The summed E-state index contributed by atoms with van der Waals surface area (Å²) in [6.45, 7) is 2.14. The first-order chi connectivity index (χ1) is 7.79. The van der Waals surface area contributed by atoms with Crippen molar-refractivity contribution in [1.82, 2.24) is 4.98 Å². The number of nitrogen functional groups attached to an aromatic ring is 1. The Labute approximate surface area is 95.3 Å². The van der Waals surface area contributed by atoms with Gasteiger partial charge < -0.3 is 11.1 Å². The van der Waals surface area contributed by atoms with E-state index in [1.54, 1.807) is 12.3 Å². The zero-order valence-corrected chi connectivity index (χ0v) is 9.27. The lowest BCUT2D eigenvalue weighted by Gasteiger charge is -2.10. The molecule has 0 fully saturated rings. The molecule has 3 nitrogen and oxygen atoms in total. The third kappa shape index (κ3) is 2.31. The number of pyridine rings is 1. The van der Waals surface area contributed by atoms with Gasteiger partial charge in [-0.15, -0.1) is 0 Å². The van der Waals surface area contributed by atoms with Crippen LogP contribution in [0.25, 0.3) is 0 Å². The number of para-hydroxylation sites is 1. The van der Waals surface area contributed by atoms with E-state index in [9.17, 15) is 0 Å². The molecule has 1 aromatic carbocycles. The van der Waals surface area contributed by atoms with Crippen molar-refractivity contribution in [2.75, 3.05) is 11.1 Å². The third-order valence-corrected chi connectivity index (χ3v) is 2.46. The highest BCUT2D eigenvalue weighted by Crippen LogP contribution is 2.20. The fourth-order valence-corrected chi connectivity index (χ4v) is 1.59. The molecule has 0 aliphatic carbocycles. The van der Waals surface area contributed by atoms with Gasteiger partial charge in [-0.1, -0.05) is 25.1 Å². The Kier molecular flexibility index (Phi) is 3.05. The number of rotatable bonds is 3. The van der Waals surface area contributed by atoms with E-state index < -0.39 is 0 Å². The average Bonchev–Trinajstić information content (AvgIpc) is 2.33. The van der Waals surface area contributed by atoms with E-state index in [0.29, 0.717) is 5.82 Å². The third-order valence-electron chi connectivity index (χ3n) is 2.46. The Morgan fingerprint density at radius 2 is 2.00 bits per heavy atom. The van der Waals surface area contributed by atoms with Crippen molar-refractivity contribution in [1.29, 1.82) is 0 Å². The summed E-state index contributed by atoms with van der Waals surface area (Å²) in [6.07, 6.45) is 2.74. The van der Waals surface area contributed by atoms with Crippen molar-refractivity contribution in [3.05, 3.63) is 48.2 Å². The summed E-state index contributed by atoms with van der Waals surface area (Å²) in [5, 5.41) is 3.33. The molecule has 0 saturated carbocycles. The van der Waals surface area contributed by atoms with Crippen LogP contribution in [0.1, 0.15) is 12.5 Å². The Morgan fingerprint density at radius 3 is 2.69 bits per heavy atom. The first-order valence-corrected chi connectivity index (χ1v) is 5.36. The molecule has 0 saturated heterocycles. The number of aromatic nitrogens is 1. The van der Waals surface area contributed by atoms with Crippen LogP contribution in [-0.2, 0) is 6.42 Å². The number of hydrogen-bond acceptors (Lipinski definition) is 3. The van der Waals surface area contributed by atoms with Gasteiger partial charge in [-0.3, -0.25) is 0 Å². The average molecular weight is 213 g/mol. The van der Waals surface area contributed by atoms with Crippen LogP contribution in [0, 0.1) is 0 Å². The minimum atomic E-state index is 0.536. The highest BCUT2D eigenvalue weighted by molar-refractivity contribution is 5.63. The SMILES string of the molecule is CCc1ccccc1Nc1ccc(N)nc1. The van der Waals surface area contributed by atoms with Crippen LogP contribution in [0.4, 0.5) is 17.2 Å². The van der Waals surface area contributed by atoms with Gasteiger partial charge in [-0.05, 0) is 30.2 Å². The van der Waals surface area contributed by atoms with E-state index in [1.807, 2.05) is 18.2 Å². The van der Waals surface area contributed by atoms with Gasteiger partial charge in [-0.25, -0.2) is 4.98 Å². The van der Waals surface area contributed by atoms with E-state index >= 15 is 0 Å². The molecule has 1 aromatic heterocycles. The maximum atomic E-state index is 5.54. The van der Waals surface area contributed by atoms with Gasteiger partial charge in [0.2, 0.25) is 0 Å². The molecule has 1 heterocycles. The van der Waals surface area contributed by atoms with E-state index in [4.69, 9.17) is 5.73 Å². The van der Waals surface area contributed by atoms with Gasteiger partial charge in [0, 0.05) is 5.69 Å². The fraction of sp³-hybridized carbons (Fsp3) is 0.154. The molecule has 0 aliphatic rings. The molecule has 0 unspecified atom stereocenters. The summed E-state index contributed by atoms with van der Waals surface area (Å²) < 4.78 is 0. The van der Waals surface area contributed by atoms with E-state index in [-0.39, 0.29) is 0 Å². The Morgan fingerprint density at radius 1 is 1.19 bits per heavy atom. The number of nitrogens with two attached hydrogens (primary N) is 1. The minimum Gasteiger partial charge on any atom is -0.384 e. The molecule has 16 heavy (non-hydrogen) atoms. The quantitative estimate of drug-likeness (QED) is 0.824. The van der Waals surface area contributed by atoms with Crippen molar-refractivity contribution in [2.45, 2.75) is 13.3 Å². The second kappa shape index (κ2) is 4.66. The maximum Gasteiger partial charge on any atom is 0.123 e. The molecular weight excluding hydrogens is 198 g/mol. The van der Waals surface area contributed by atoms with Crippen LogP contribution in [0.5, 0.6) is 0 Å². The first kappa shape index (κ1) is 10.5. The summed E-state index contributed by atoms with van der Waals surface area (Å²) >= 11 is 0. The standard InChI is InChI=1S/C13H15N3/c1-2-10-5-3-4-6-12(10)16-11-7-8-13(14)15-9-11/h3-9,16H,2H2,1H3,(H2,14,15).